The van der Waals surface area contributed by atoms with Crippen molar-refractivity contribution < 1.29 is 23.8 Å². The molecule has 0 amide bonds. The standard InChI is InChI=1S/C27H40O5/c1-16-6-10-26(30-15-16)14-23-24(32-26)13-22-20-5-4-18-12-19(29)7-9-25(18,3)21(20)8-11-27(22,23)31-17(2)28/h16,18,20-24H,4-15H2,1-3H3. The Morgan fingerprint density at radius 1 is 1.06 bits per heavy atom. The fourth-order valence-corrected chi connectivity index (χ4v) is 9.48. The van der Waals surface area contributed by atoms with Crippen LogP contribution >= 0.6 is 0 Å². The first-order chi connectivity index (χ1) is 15.2. The molecule has 10 unspecified atom stereocenters. The minimum absolute atomic E-state index is 0.142. The van der Waals surface area contributed by atoms with Crippen LogP contribution in [0.4, 0.5) is 0 Å². The second kappa shape index (κ2) is 7.28. The van der Waals surface area contributed by atoms with Gasteiger partial charge in [0, 0.05) is 44.4 Å². The van der Waals surface area contributed by atoms with Crippen LogP contribution in [0.5, 0.6) is 0 Å². The Morgan fingerprint density at radius 3 is 2.66 bits per heavy atom. The van der Waals surface area contributed by atoms with Gasteiger partial charge in [-0.3, -0.25) is 9.59 Å². The summed E-state index contributed by atoms with van der Waals surface area (Å²) in [6.07, 6.45) is 11.1. The molecule has 6 fully saturated rings. The average molecular weight is 445 g/mol. The van der Waals surface area contributed by atoms with Gasteiger partial charge < -0.3 is 14.2 Å². The van der Waals surface area contributed by atoms with E-state index in [1.165, 1.54) is 6.42 Å². The number of rotatable bonds is 1. The van der Waals surface area contributed by atoms with Gasteiger partial charge in [-0.05, 0) is 74.0 Å². The molecule has 0 aromatic rings. The third-order valence-electron chi connectivity index (χ3n) is 11.0. The number of hydrogen-bond acceptors (Lipinski definition) is 5. The van der Waals surface area contributed by atoms with Gasteiger partial charge in [0.1, 0.15) is 11.4 Å². The van der Waals surface area contributed by atoms with Crippen LogP contribution in [0, 0.1) is 40.9 Å². The van der Waals surface area contributed by atoms with E-state index in [9.17, 15) is 9.59 Å². The van der Waals surface area contributed by atoms with E-state index in [1.54, 1.807) is 6.92 Å². The minimum atomic E-state index is -0.454. The van der Waals surface area contributed by atoms with E-state index < -0.39 is 5.79 Å². The highest BCUT2D eigenvalue weighted by molar-refractivity contribution is 5.79. The molecule has 0 aromatic heterocycles. The largest absolute Gasteiger partial charge is 0.459 e. The second-order valence-corrected chi connectivity index (χ2v) is 12.6. The first kappa shape index (κ1) is 21.6. The molecule has 0 radical (unpaired) electrons. The van der Waals surface area contributed by atoms with E-state index in [1.807, 2.05) is 0 Å². The summed E-state index contributed by atoms with van der Waals surface area (Å²) in [4.78, 5) is 24.6. The monoisotopic (exact) mass is 444 g/mol. The van der Waals surface area contributed by atoms with Gasteiger partial charge in [0.15, 0.2) is 5.79 Å². The van der Waals surface area contributed by atoms with Crippen molar-refractivity contribution in [3.05, 3.63) is 0 Å². The van der Waals surface area contributed by atoms with Gasteiger partial charge in [0.05, 0.1) is 12.7 Å². The van der Waals surface area contributed by atoms with E-state index >= 15 is 0 Å². The van der Waals surface area contributed by atoms with Gasteiger partial charge in [-0.15, -0.1) is 0 Å². The number of ketones is 1. The molecule has 6 rings (SSSR count). The zero-order chi connectivity index (χ0) is 22.3. The van der Waals surface area contributed by atoms with Crippen LogP contribution in [0.2, 0.25) is 0 Å². The summed E-state index contributed by atoms with van der Waals surface area (Å²) in [5.74, 6) is 2.86. The molecule has 10 atom stereocenters. The maximum atomic E-state index is 12.4. The van der Waals surface area contributed by atoms with Crippen molar-refractivity contribution in [3.63, 3.8) is 0 Å². The Labute approximate surface area is 192 Å². The second-order valence-electron chi connectivity index (χ2n) is 12.6. The predicted octanol–water partition coefficient (Wildman–Crippen LogP) is 5.05. The molecule has 0 bridgehead atoms. The highest BCUT2D eigenvalue weighted by Gasteiger charge is 2.70. The lowest BCUT2D eigenvalue weighted by molar-refractivity contribution is -0.257. The number of ether oxygens (including phenoxy) is 3. The number of hydrogen-bond donors (Lipinski definition) is 0. The van der Waals surface area contributed by atoms with Crippen LogP contribution in [0.3, 0.4) is 0 Å². The minimum Gasteiger partial charge on any atom is -0.459 e. The van der Waals surface area contributed by atoms with E-state index in [0.29, 0.717) is 35.4 Å². The topological polar surface area (TPSA) is 61.8 Å². The molecule has 1 spiro atoms. The molecule has 4 aliphatic carbocycles. The van der Waals surface area contributed by atoms with E-state index in [0.717, 1.165) is 70.8 Å². The van der Waals surface area contributed by atoms with Crippen molar-refractivity contribution >= 4 is 11.8 Å². The fraction of sp³-hybridized carbons (Fsp3) is 0.926. The quantitative estimate of drug-likeness (QED) is 0.530. The van der Waals surface area contributed by atoms with Gasteiger partial charge in [-0.1, -0.05) is 13.8 Å². The van der Waals surface area contributed by atoms with Crippen molar-refractivity contribution in [1.29, 1.82) is 0 Å². The lowest BCUT2D eigenvalue weighted by atomic mass is 9.46. The van der Waals surface area contributed by atoms with E-state index in [2.05, 4.69) is 13.8 Å². The summed E-state index contributed by atoms with van der Waals surface area (Å²) in [6.45, 7) is 7.07. The summed E-state index contributed by atoms with van der Waals surface area (Å²) < 4.78 is 19.4. The Balaban J connectivity index is 1.29. The molecule has 6 aliphatic rings. The van der Waals surface area contributed by atoms with Gasteiger partial charge in [-0.25, -0.2) is 0 Å². The molecule has 2 saturated heterocycles. The summed E-state index contributed by atoms with van der Waals surface area (Å²) in [5, 5.41) is 0. The summed E-state index contributed by atoms with van der Waals surface area (Å²) >= 11 is 0. The molecule has 4 saturated carbocycles. The summed E-state index contributed by atoms with van der Waals surface area (Å²) in [5.41, 5.74) is -0.122. The van der Waals surface area contributed by atoms with Crippen LogP contribution in [0.15, 0.2) is 0 Å². The molecular formula is C27H40O5. The zero-order valence-electron chi connectivity index (χ0n) is 20.1. The molecule has 2 aliphatic heterocycles. The van der Waals surface area contributed by atoms with Crippen molar-refractivity contribution in [2.45, 2.75) is 109 Å². The lowest BCUT2D eigenvalue weighted by Gasteiger charge is -2.60. The Kier molecular flexibility index (Phi) is 4.91. The molecule has 5 heteroatoms. The fourth-order valence-electron chi connectivity index (χ4n) is 9.48. The van der Waals surface area contributed by atoms with Crippen molar-refractivity contribution in [1.82, 2.24) is 0 Å². The SMILES string of the molecule is CC(=O)OC12CCC3C(CCC4CC(=O)CCC43C)C1CC1OC3(CCC(C)CO3)CC12. The number of carbonyl (C=O) groups excluding carboxylic acids is 2. The molecular weight excluding hydrogens is 404 g/mol. The van der Waals surface area contributed by atoms with Crippen LogP contribution < -0.4 is 0 Å². The Bertz CT molecular complexity index is 800. The van der Waals surface area contributed by atoms with Crippen LogP contribution in [-0.2, 0) is 23.8 Å². The molecule has 5 nitrogen and oxygen atoms in total. The number of carbonyl (C=O) groups is 2. The molecule has 0 aromatic carbocycles. The summed E-state index contributed by atoms with van der Waals surface area (Å²) in [7, 11) is 0. The highest BCUT2D eigenvalue weighted by Crippen LogP contribution is 2.68. The van der Waals surface area contributed by atoms with Crippen molar-refractivity contribution in [2.24, 2.45) is 40.9 Å². The van der Waals surface area contributed by atoms with Crippen LogP contribution in [0.1, 0.15) is 91.4 Å². The smallest absolute Gasteiger partial charge is 0.303 e. The van der Waals surface area contributed by atoms with Crippen LogP contribution in [0.25, 0.3) is 0 Å². The van der Waals surface area contributed by atoms with Crippen molar-refractivity contribution in [3.8, 4) is 0 Å². The molecule has 178 valence electrons. The number of Topliss-reactive ketones (excluding diaryl/α,β-unsaturated/α-hetero) is 1. The number of fused-ring (bicyclic) bond motifs is 7. The zero-order valence-corrected chi connectivity index (χ0v) is 20.1. The van der Waals surface area contributed by atoms with Crippen molar-refractivity contribution in [2.75, 3.05) is 6.61 Å². The van der Waals surface area contributed by atoms with Gasteiger partial charge >= 0.3 is 5.97 Å². The predicted molar refractivity (Wildman–Crippen MR) is 119 cm³/mol. The first-order valence-electron chi connectivity index (χ1n) is 13.3. The average Bonchev–Trinajstić information content (AvgIpc) is 3.24. The normalized spacial score (nSPS) is 54.5. The lowest BCUT2D eigenvalue weighted by Crippen LogP contribution is -2.58. The first-order valence-corrected chi connectivity index (χ1v) is 13.3. The molecule has 2 heterocycles. The van der Waals surface area contributed by atoms with E-state index in [4.69, 9.17) is 14.2 Å². The highest BCUT2D eigenvalue weighted by atomic mass is 16.7. The number of esters is 1. The third kappa shape index (κ3) is 3.02. The Morgan fingerprint density at radius 2 is 1.91 bits per heavy atom. The maximum absolute atomic E-state index is 12.4. The van der Waals surface area contributed by atoms with Gasteiger partial charge in [0.2, 0.25) is 0 Å². The van der Waals surface area contributed by atoms with Gasteiger partial charge in [-0.2, -0.15) is 0 Å². The van der Waals surface area contributed by atoms with Gasteiger partial charge in [0.25, 0.3) is 0 Å². The summed E-state index contributed by atoms with van der Waals surface area (Å²) in [6, 6.07) is 0. The molecule has 32 heavy (non-hydrogen) atoms. The molecule has 0 N–H and O–H groups in total. The third-order valence-corrected chi connectivity index (χ3v) is 11.0. The maximum Gasteiger partial charge on any atom is 0.303 e. The van der Waals surface area contributed by atoms with Crippen LogP contribution in [-0.4, -0.2) is 35.9 Å². The Hall–Kier alpha value is -0.940. The van der Waals surface area contributed by atoms with E-state index in [-0.39, 0.29) is 29.0 Å².